The van der Waals surface area contributed by atoms with Crippen molar-refractivity contribution in [2.75, 3.05) is 50.9 Å². The van der Waals surface area contributed by atoms with Gasteiger partial charge in [0.25, 0.3) is 0 Å². The fraction of sp³-hybridized carbons (Fsp3) is 0.579. The van der Waals surface area contributed by atoms with Gasteiger partial charge in [0, 0.05) is 31.7 Å². The van der Waals surface area contributed by atoms with Gasteiger partial charge in [-0.15, -0.1) is 0 Å². The number of ether oxygens (including phenoxy) is 2. The average molecular weight is 356 g/mol. The van der Waals surface area contributed by atoms with Crippen LogP contribution in [0.3, 0.4) is 0 Å². The van der Waals surface area contributed by atoms with Crippen LogP contribution in [0.15, 0.2) is 24.4 Å². The molecule has 0 aromatic carbocycles. The molecule has 4 heterocycles. The molecule has 0 radical (unpaired) electrons. The molecule has 2 aromatic rings. The SMILES string of the molecule is O=C(C1CC1)N1CCO[C@@H](c2cn3c(N4CCOCC4)cccc3n2)C1. The molecule has 2 aromatic heterocycles. The molecule has 1 saturated carbocycles. The molecule has 26 heavy (non-hydrogen) atoms. The minimum atomic E-state index is -0.149. The van der Waals surface area contributed by atoms with E-state index >= 15 is 0 Å². The van der Waals surface area contributed by atoms with Gasteiger partial charge in [-0.05, 0) is 25.0 Å². The van der Waals surface area contributed by atoms with Crippen LogP contribution in [0.25, 0.3) is 5.65 Å². The van der Waals surface area contributed by atoms with Crippen molar-refractivity contribution in [2.45, 2.75) is 18.9 Å². The van der Waals surface area contributed by atoms with E-state index in [0.29, 0.717) is 19.7 Å². The van der Waals surface area contributed by atoms with E-state index in [1.807, 2.05) is 17.0 Å². The van der Waals surface area contributed by atoms with Crippen molar-refractivity contribution in [1.29, 1.82) is 0 Å². The zero-order valence-electron chi connectivity index (χ0n) is 14.8. The normalized spacial score (nSPS) is 24.2. The molecule has 3 aliphatic rings. The fourth-order valence-corrected chi connectivity index (χ4v) is 3.84. The number of amides is 1. The number of carbonyl (C=O) groups is 1. The molecule has 0 unspecified atom stereocenters. The molecule has 138 valence electrons. The largest absolute Gasteiger partial charge is 0.378 e. The molecule has 2 saturated heterocycles. The van der Waals surface area contributed by atoms with Crippen LogP contribution < -0.4 is 4.90 Å². The van der Waals surface area contributed by atoms with Crippen molar-refractivity contribution >= 4 is 17.4 Å². The van der Waals surface area contributed by atoms with Crippen LogP contribution in [0.5, 0.6) is 0 Å². The van der Waals surface area contributed by atoms with E-state index in [1.54, 1.807) is 0 Å². The number of fused-ring (bicyclic) bond motifs is 1. The summed E-state index contributed by atoms with van der Waals surface area (Å²) in [5, 5.41) is 0. The van der Waals surface area contributed by atoms with Crippen molar-refractivity contribution in [3.05, 3.63) is 30.1 Å². The second-order valence-electron chi connectivity index (χ2n) is 7.30. The van der Waals surface area contributed by atoms with Crippen LogP contribution in [0.2, 0.25) is 0 Å². The number of hydrogen-bond donors (Lipinski definition) is 0. The average Bonchev–Trinajstić information content (AvgIpc) is 3.46. The third kappa shape index (κ3) is 2.95. The molecule has 1 amide bonds. The van der Waals surface area contributed by atoms with E-state index in [9.17, 15) is 4.79 Å². The second kappa shape index (κ2) is 6.55. The molecule has 7 heteroatoms. The highest BCUT2D eigenvalue weighted by atomic mass is 16.5. The molecular formula is C19H24N4O3. The van der Waals surface area contributed by atoms with Crippen molar-refractivity contribution < 1.29 is 14.3 Å². The van der Waals surface area contributed by atoms with Crippen LogP contribution in [-0.2, 0) is 14.3 Å². The second-order valence-corrected chi connectivity index (χ2v) is 7.30. The predicted octanol–water partition coefficient (Wildman–Crippen LogP) is 1.48. The summed E-state index contributed by atoms with van der Waals surface area (Å²) >= 11 is 0. The summed E-state index contributed by atoms with van der Waals surface area (Å²) in [5.41, 5.74) is 1.82. The van der Waals surface area contributed by atoms with E-state index in [-0.39, 0.29) is 17.9 Å². The van der Waals surface area contributed by atoms with Crippen LogP contribution >= 0.6 is 0 Å². The Morgan fingerprint density at radius 2 is 1.96 bits per heavy atom. The summed E-state index contributed by atoms with van der Waals surface area (Å²) in [7, 11) is 0. The van der Waals surface area contributed by atoms with Gasteiger partial charge < -0.3 is 19.3 Å². The molecule has 1 atom stereocenters. The van der Waals surface area contributed by atoms with Gasteiger partial charge in [0.1, 0.15) is 17.6 Å². The summed E-state index contributed by atoms with van der Waals surface area (Å²) in [6.45, 7) is 5.15. The number of aromatic nitrogens is 2. The van der Waals surface area contributed by atoms with Crippen molar-refractivity contribution in [3.63, 3.8) is 0 Å². The van der Waals surface area contributed by atoms with Crippen molar-refractivity contribution in [2.24, 2.45) is 5.92 Å². The Morgan fingerprint density at radius 3 is 2.77 bits per heavy atom. The number of hydrogen-bond acceptors (Lipinski definition) is 5. The number of anilines is 1. The number of carbonyl (C=O) groups excluding carboxylic acids is 1. The first-order valence-corrected chi connectivity index (χ1v) is 9.51. The van der Waals surface area contributed by atoms with Crippen LogP contribution in [0.4, 0.5) is 5.82 Å². The van der Waals surface area contributed by atoms with Crippen LogP contribution in [0.1, 0.15) is 24.6 Å². The van der Waals surface area contributed by atoms with E-state index in [2.05, 4.69) is 21.6 Å². The lowest BCUT2D eigenvalue weighted by atomic mass is 10.2. The zero-order chi connectivity index (χ0) is 17.5. The Labute approximate surface area is 152 Å². The summed E-state index contributed by atoms with van der Waals surface area (Å²) < 4.78 is 13.6. The highest BCUT2D eigenvalue weighted by Crippen LogP contribution is 2.33. The number of morpholine rings is 2. The van der Waals surface area contributed by atoms with Gasteiger partial charge in [0.2, 0.25) is 5.91 Å². The third-order valence-electron chi connectivity index (χ3n) is 5.46. The monoisotopic (exact) mass is 356 g/mol. The number of rotatable bonds is 3. The molecule has 7 nitrogen and oxygen atoms in total. The quantitative estimate of drug-likeness (QED) is 0.834. The predicted molar refractivity (Wildman–Crippen MR) is 96.2 cm³/mol. The van der Waals surface area contributed by atoms with Crippen molar-refractivity contribution in [1.82, 2.24) is 14.3 Å². The molecule has 0 spiro atoms. The van der Waals surface area contributed by atoms with Gasteiger partial charge in [0.15, 0.2) is 0 Å². The van der Waals surface area contributed by atoms with Gasteiger partial charge in [-0.3, -0.25) is 9.20 Å². The van der Waals surface area contributed by atoms with E-state index in [4.69, 9.17) is 14.5 Å². The highest BCUT2D eigenvalue weighted by molar-refractivity contribution is 5.81. The Balaban J connectivity index is 1.41. The topological polar surface area (TPSA) is 59.3 Å². The zero-order valence-corrected chi connectivity index (χ0v) is 14.8. The standard InChI is InChI=1S/C19H24N4O3/c24-19(14-4-5-14)22-8-11-26-16(13-22)15-12-23-17(20-15)2-1-3-18(23)21-6-9-25-10-7-21/h1-3,12,14,16H,4-11,13H2/t16-/m1/s1. The Kier molecular flexibility index (Phi) is 4.05. The summed E-state index contributed by atoms with van der Waals surface area (Å²) in [6.07, 6.45) is 4.00. The van der Waals surface area contributed by atoms with Crippen molar-refractivity contribution in [3.8, 4) is 0 Å². The van der Waals surface area contributed by atoms with Crippen LogP contribution in [-0.4, -0.2) is 66.2 Å². The summed E-state index contributed by atoms with van der Waals surface area (Å²) in [4.78, 5) is 21.5. The fourth-order valence-electron chi connectivity index (χ4n) is 3.84. The van der Waals surface area contributed by atoms with Gasteiger partial charge in [-0.1, -0.05) is 6.07 Å². The maximum atomic E-state index is 12.4. The first-order chi connectivity index (χ1) is 12.8. The van der Waals surface area contributed by atoms with Gasteiger partial charge in [0.05, 0.1) is 32.1 Å². The molecule has 1 aliphatic carbocycles. The van der Waals surface area contributed by atoms with Gasteiger partial charge >= 0.3 is 0 Å². The maximum Gasteiger partial charge on any atom is 0.225 e. The van der Waals surface area contributed by atoms with E-state index in [0.717, 1.165) is 56.3 Å². The third-order valence-corrected chi connectivity index (χ3v) is 5.46. The highest BCUT2D eigenvalue weighted by Gasteiger charge is 2.36. The van der Waals surface area contributed by atoms with Gasteiger partial charge in [-0.2, -0.15) is 0 Å². The van der Waals surface area contributed by atoms with Crippen LogP contribution in [0, 0.1) is 5.92 Å². The minimum absolute atomic E-state index is 0.149. The molecule has 0 N–H and O–H groups in total. The molecule has 3 fully saturated rings. The minimum Gasteiger partial charge on any atom is -0.378 e. The van der Waals surface area contributed by atoms with Gasteiger partial charge in [-0.25, -0.2) is 4.98 Å². The molecule has 2 aliphatic heterocycles. The lowest BCUT2D eigenvalue weighted by Gasteiger charge is -2.32. The molecular weight excluding hydrogens is 332 g/mol. The first kappa shape index (κ1) is 16.1. The summed E-state index contributed by atoms with van der Waals surface area (Å²) in [6, 6.07) is 6.18. The number of imidazole rings is 1. The lowest BCUT2D eigenvalue weighted by Crippen LogP contribution is -2.43. The molecule has 0 bridgehead atoms. The number of pyridine rings is 1. The number of nitrogens with zero attached hydrogens (tertiary/aromatic N) is 4. The maximum absolute atomic E-state index is 12.4. The Morgan fingerprint density at radius 1 is 1.12 bits per heavy atom. The summed E-state index contributed by atoms with van der Waals surface area (Å²) in [5.74, 6) is 1.67. The smallest absolute Gasteiger partial charge is 0.225 e. The lowest BCUT2D eigenvalue weighted by molar-refractivity contribution is -0.140. The van der Waals surface area contributed by atoms with E-state index in [1.165, 1.54) is 0 Å². The Hall–Kier alpha value is -2.12. The Bertz CT molecular complexity index is 810. The first-order valence-electron chi connectivity index (χ1n) is 9.51. The molecule has 5 rings (SSSR count). The van der Waals surface area contributed by atoms with E-state index < -0.39 is 0 Å².